The van der Waals surface area contributed by atoms with E-state index in [2.05, 4.69) is 5.32 Å². The topological polar surface area (TPSA) is 38.3 Å². The van der Waals surface area contributed by atoms with E-state index < -0.39 is 12.2 Å². The van der Waals surface area contributed by atoms with Gasteiger partial charge >= 0.3 is 0 Å². The first kappa shape index (κ1) is 12.6. The van der Waals surface area contributed by atoms with Crippen LogP contribution in [-0.4, -0.2) is 18.0 Å². The molecular formula is C14H16FNO2. The van der Waals surface area contributed by atoms with Crippen LogP contribution in [-0.2, 0) is 16.1 Å². The first-order valence-electron chi connectivity index (χ1n) is 5.87. The lowest BCUT2D eigenvalue weighted by atomic mass is 9.93. The van der Waals surface area contributed by atoms with Gasteiger partial charge in [0.15, 0.2) is 5.76 Å². The minimum Gasteiger partial charge on any atom is -0.484 e. The number of rotatable bonds is 4. The Bertz CT molecular complexity index is 458. The SMILES string of the molecule is CC1(CF)CC(=O)C(OCc2ccccc2)=CN1. The third-order valence-corrected chi connectivity index (χ3v) is 2.91. The number of hydrogen-bond donors (Lipinski definition) is 1. The summed E-state index contributed by atoms with van der Waals surface area (Å²) < 4.78 is 18.2. The Morgan fingerprint density at radius 2 is 2.11 bits per heavy atom. The van der Waals surface area contributed by atoms with Crippen LogP contribution in [0.4, 0.5) is 4.39 Å². The molecule has 0 radical (unpaired) electrons. The largest absolute Gasteiger partial charge is 0.484 e. The third kappa shape index (κ3) is 2.88. The Balaban J connectivity index is 1.97. The highest BCUT2D eigenvalue weighted by atomic mass is 19.1. The van der Waals surface area contributed by atoms with E-state index in [4.69, 9.17) is 4.74 Å². The molecule has 0 saturated carbocycles. The number of halogens is 1. The van der Waals surface area contributed by atoms with Gasteiger partial charge in [-0.15, -0.1) is 0 Å². The maximum atomic E-state index is 12.7. The Morgan fingerprint density at radius 1 is 1.39 bits per heavy atom. The number of Topliss-reactive ketones (excluding diaryl/α,β-unsaturated/α-hetero) is 1. The fourth-order valence-corrected chi connectivity index (χ4v) is 1.76. The summed E-state index contributed by atoms with van der Waals surface area (Å²) in [5.41, 5.74) is 0.196. The molecule has 0 aliphatic carbocycles. The molecule has 0 fully saturated rings. The molecule has 1 N–H and O–H groups in total. The smallest absolute Gasteiger partial charge is 0.201 e. The second-order valence-corrected chi connectivity index (χ2v) is 4.72. The van der Waals surface area contributed by atoms with Crippen LogP contribution in [0.2, 0.25) is 0 Å². The zero-order chi connectivity index (χ0) is 13.0. The molecule has 1 unspecified atom stereocenters. The van der Waals surface area contributed by atoms with Crippen LogP contribution in [0.5, 0.6) is 0 Å². The molecule has 0 bridgehead atoms. The monoisotopic (exact) mass is 249 g/mol. The number of hydrogen-bond acceptors (Lipinski definition) is 3. The van der Waals surface area contributed by atoms with E-state index in [1.54, 1.807) is 6.92 Å². The number of nitrogens with one attached hydrogen (secondary N) is 1. The highest BCUT2D eigenvalue weighted by molar-refractivity contribution is 5.95. The molecule has 1 atom stereocenters. The van der Waals surface area contributed by atoms with Crippen LogP contribution < -0.4 is 5.32 Å². The van der Waals surface area contributed by atoms with Crippen LogP contribution in [0.1, 0.15) is 18.9 Å². The zero-order valence-corrected chi connectivity index (χ0v) is 10.3. The molecule has 3 nitrogen and oxygen atoms in total. The van der Waals surface area contributed by atoms with E-state index in [0.717, 1.165) is 5.56 Å². The van der Waals surface area contributed by atoms with Crippen molar-refractivity contribution in [2.45, 2.75) is 25.5 Å². The van der Waals surface area contributed by atoms with Gasteiger partial charge in [0.25, 0.3) is 0 Å². The van der Waals surface area contributed by atoms with Crippen LogP contribution in [0, 0.1) is 0 Å². The highest BCUT2D eigenvalue weighted by Crippen LogP contribution is 2.20. The standard InChI is InChI=1S/C14H16FNO2/c1-14(10-15)7-12(17)13(8-16-14)18-9-11-5-3-2-4-6-11/h2-6,8,16H,7,9-10H2,1H3. The maximum Gasteiger partial charge on any atom is 0.201 e. The highest BCUT2D eigenvalue weighted by Gasteiger charge is 2.32. The Labute approximate surface area is 106 Å². The Kier molecular flexibility index (Phi) is 3.65. The summed E-state index contributed by atoms with van der Waals surface area (Å²) in [6.45, 7) is 1.43. The van der Waals surface area contributed by atoms with Crippen molar-refractivity contribution in [2.24, 2.45) is 0 Å². The van der Waals surface area contributed by atoms with Crippen LogP contribution in [0.3, 0.4) is 0 Å². The van der Waals surface area contributed by atoms with E-state index in [0.29, 0.717) is 6.61 Å². The zero-order valence-electron chi connectivity index (χ0n) is 10.3. The average Bonchev–Trinajstić information content (AvgIpc) is 2.39. The first-order chi connectivity index (χ1) is 8.63. The normalized spacial score (nSPS) is 23.2. The second kappa shape index (κ2) is 5.21. The predicted molar refractivity (Wildman–Crippen MR) is 66.5 cm³/mol. The fraction of sp³-hybridized carbons (Fsp3) is 0.357. The number of alkyl halides is 1. The lowest BCUT2D eigenvalue weighted by Crippen LogP contribution is -2.47. The van der Waals surface area contributed by atoms with E-state index in [-0.39, 0.29) is 18.0 Å². The van der Waals surface area contributed by atoms with Gasteiger partial charge in [-0.1, -0.05) is 30.3 Å². The maximum absolute atomic E-state index is 12.7. The van der Waals surface area contributed by atoms with E-state index >= 15 is 0 Å². The van der Waals surface area contributed by atoms with E-state index in [9.17, 15) is 9.18 Å². The van der Waals surface area contributed by atoms with Crippen LogP contribution in [0.15, 0.2) is 42.3 Å². The third-order valence-electron chi connectivity index (χ3n) is 2.91. The number of carbonyl (C=O) groups excluding carboxylic acids is 1. The van der Waals surface area contributed by atoms with Gasteiger partial charge in [-0.2, -0.15) is 0 Å². The molecule has 0 spiro atoms. The minimum absolute atomic E-state index is 0.115. The average molecular weight is 249 g/mol. The van der Waals surface area contributed by atoms with Gasteiger partial charge in [0.1, 0.15) is 13.3 Å². The summed E-state index contributed by atoms with van der Waals surface area (Å²) in [7, 11) is 0. The number of carbonyl (C=O) groups is 1. The van der Waals surface area contributed by atoms with Gasteiger partial charge < -0.3 is 10.1 Å². The molecule has 2 rings (SSSR count). The van der Waals surface area contributed by atoms with Crippen molar-refractivity contribution >= 4 is 5.78 Å². The lowest BCUT2D eigenvalue weighted by Gasteiger charge is -2.30. The summed E-state index contributed by atoms with van der Waals surface area (Å²) in [4.78, 5) is 11.8. The molecule has 0 amide bonds. The number of ether oxygens (including phenoxy) is 1. The molecule has 1 heterocycles. The van der Waals surface area contributed by atoms with Crippen molar-refractivity contribution in [3.05, 3.63) is 47.9 Å². The Morgan fingerprint density at radius 3 is 2.72 bits per heavy atom. The number of allylic oxidation sites excluding steroid dienone is 1. The second-order valence-electron chi connectivity index (χ2n) is 4.72. The molecule has 1 aromatic rings. The molecule has 1 aliphatic rings. The van der Waals surface area contributed by atoms with Gasteiger partial charge in [-0.3, -0.25) is 4.79 Å². The molecule has 0 saturated heterocycles. The van der Waals surface area contributed by atoms with Crippen LogP contribution >= 0.6 is 0 Å². The molecule has 18 heavy (non-hydrogen) atoms. The summed E-state index contributed by atoms with van der Waals surface area (Å²) in [6.07, 6.45) is 1.58. The van der Waals surface area contributed by atoms with Crippen LogP contribution in [0.25, 0.3) is 0 Å². The molecule has 1 aromatic carbocycles. The number of ketones is 1. The minimum atomic E-state index is -0.795. The summed E-state index contributed by atoms with van der Waals surface area (Å²) in [5, 5.41) is 2.88. The molecule has 96 valence electrons. The summed E-state index contributed by atoms with van der Waals surface area (Å²) in [6, 6.07) is 9.59. The van der Waals surface area contributed by atoms with E-state index in [1.807, 2.05) is 30.3 Å². The van der Waals surface area contributed by atoms with Gasteiger partial charge in [0.2, 0.25) is 5.78 Å². The molecule has 0 aromatic heterocycles. The predicted octanol–water partition coefficient (Wildman–Crippen LogP) is 2.34. The van der Waals surface area contributed by atoms with E-state index in [1.165, 1.54) is 6.20 Å². The quantitative estimate of drug-likeness (QED) is 0.890. The van der Waals surface area contributed by atoms with Crippen molar-refractivity contribution in [3.63, 3.8) is 0 Å². The van der Waals surface area contributed by atoms with Crippen molar-refractivity contribution in [3.8, 4) is 0 Å². The molecule has 4 heteroatoms. The van der Waals surface area contributed by atoms with Crippen molar-refractivity contribution < 1.29 is 13.9 Å². The summed E-state index contributed by atoms with van der Waals surface area (Å²) in [5.74, 6) is 0.106. The van der Waals surface area contributed by atoms with Gasteiger partial charge in [-0.25, -0.2) is 4.39 Å². The van der Waals surface area contributed by atoms with Gasteiger partial charge in [0.05, 0.1) is 5.54 Å². The molecule has 1 aliphatic heterocycles. The number of benzene rings is 1. The van der Waals surface area contributed by atoms with Gasteiger partial charge in [-0.05, 0) is 12.5 Å². The lowest BCUT2D eigenvalue weighted by molar-refractivity contribution is -0.121. The molecular weight excluding hydrogens is 233 g/mol. The van der Waals surface area contributed by atoms with Crippen molar-refractivity contribution in [2.75, 3.05) is 6.67 Å². The first-order valence-corrected chi connectivity index (χ1v) is 5.87. The Hall–Kier alpha value is -1.84. The fourth-order valence-electron chi connectivity index (χ4n) is 1.76. The van der Waals surface area contributed by atoms with Crippen molar-refractivity contribution in [1.82, 2.24) is 5.32 Å². The van der Waals surface area contributed by atoms with Gasteiger partial charge in [0, 0.05) is 12.6 Å². The summed E-state index contributed by atoms with van der Waals surface area (Å²) >= 11 is 0. The van der Waals surface area contributed by atoms with Crippen molar-refractivity contribution in [1.29, 1.82) is 0 Å².